The van der Waals surface area contributed by atoms with Crippen molar-refractivity contribution < 1.29 is 4.92 Å². The highest BCUT2D eigenvalue weighted by Crippen LogP contribution is 2.45. The maximum atomic E-state index is 11.1. The topological polar surface area (TPSA) is 46.4 Å². The molecule has 2 aliphatic rings. The van der Waals surface area contributed by atoms with E-state index in [0.717, 1.165) is 36.8 Å². The van der Waals surface area contributed by atoms with Crippen LogP contribution in [0.5, 0.6) is 0 Å². The summed E-state index contributed by atoms with van der Waals surface area (Å²) in [7, 11) is 4.14. The summed E-state index contributed by atoms with van der Waals surface area (Å²) in [4.78, 5) is 13.0. The summed E-state index contributed by atoms with van der Waals surface area (Å²) in [6.07, 6.45) is 3.73. The van der Waals surface area contributed by atoms with Gasteiger partial charge in [0.05, 0.1) is 4.92 Å². The third-order valence-electron chi connectivity index (χ3n) is 4.88. The number of non-ortho nitro benzene ring substituents is 1. The van der Waals surface area contributed by atoms with E-state index >= 15 is 0 Å². The fraction of sp³-hybridized carbons (Fsp3) is 0.333. The van der Waals surface area contributed by atoms with Crippen molar-refractivity contribution in [3.63, 3.8) is 0 Å². The molecule has 0 aromatic heterocycles. The van der Waals surface area contributed by atoms with Gasteiger partial charge in [-0.3, -0.25) is 10.1 Å². The molecular weight excluding hydrogens is 276 g/mol. The quantitative estimate of drug-likeness (QED) is 0.629. The first-order chi connectivity index (χ1) is 10.5. The molecule has 4 nitrogen and oxygen atoms in total. The molecule has 0 N–H and O–H groups in total. The lowest BCUT2D eigenvalue weighted by Gasteiger charge is -2.30. The van der Waals surface area contributed by atoms with Gasteiger partial charge >= 0.3 is 0 Å². The SMILES string of the molecule is CN(C)c1cc2c3c(c1)CCc1cc([N+](=O)[O-])cc(c1-3)CC2. The first kappa shape index (κ1) is 13.3. The molecule has 0 atom stereocenters. The van der Waals surface area contributed by atoms with E-state index in [1.165, 1.54) is 27.9 Å². The first-order valence-corrected chi connectivity index (χ1v) is 7.68. The van der Waals surface area contributed by atoms with Gasteiger partial charge in [0.25, 0.3) is 5.69 Å². The van der Waals surface area contributed by atoms with E-state index in [4.69, 9.17) is 0 Å². The van der Waals surface area contributed by atoms with Crippen LogP contribution in [0.4, 0.5) is 11.4 Å². The summed E-state index contributed by atoms with van der Waals surface area (Å²) in [5.74, 6) is 0. The Bertz CT molecular complexity index is 759. The number of hydrogen-bond acceptors (Lipinski definition) is 3. The van der Waals surface area contributed by atoms with E-state index in [0.29, 0.717) is 0 Å². The van der Waals surface area contributed by atoms with Gasteiger partial charge in [-0.15, -0.1) is 0 Å². The van der Waals surface area contributed by atoms with Crippen LogP contribution < -0.4 is 4.90 Å². The Morgan fingerprint density at radius 3 is 1.64 bits per heavy atom. The van der Waals surface area contributed by atoms with Crippen LogP contribution in [0.1, 0.15) is 22.3 Å². The number of benzene rings is 2. The maximum Gasteiger partial charge on any atom is 0.270 e. The van der Waals surface area contributed by atoms with Crippen molar-refractivity contribution in [1.82, 2.24) is 0 Å². The molecule has 2 aliphatic carbocycles. The Hall–Kier alpha value is -2.36. The van der Waals surface area contributed by atoms with Crippen LogP contribution in [0.3, 0.4) is 0 Å². The molecule has 112 valence electrons. The molecule has 2 aromatic carbocycles. The monoisotopic (exact) mass is 294 g/mol. The highest BCUT2D eigenvalue weighted by Gasteiger charge is 2.28. The van der Waals surface area contributed by atoms with Gasteiger partial charge in [0, 0.05) is 31.9 Å². The van der Waals surface area contributed by atoms with E-state index in [9.17, 15) is 10.1 Å². The zero-order valence-electron chi connectivity index (χ0n) is 12.8. The normalized spacial score (nSPS) is 14.5. The summed E-state index contributed by atoms with van der Waals surface area (Å²) in [6.45, 7) is 0. The van der Waals surface area contributed by atoms with Gasteiger partial charge in [0.15, 0.2) is 0 Å². The van der Waals surface area contributed by atoms with Crippen molar-refractivity contribution in [3.05, 3.63) is 56.6 Å². The van der Waals surface area contributed by atoms with E-state index in [2.05, 4.69) is 31.1 Å². The first-order valence-electron chi connectivity index (χ1n) is 7.68. The van der Waals surface area contributed by atoms with E-state index in [1.54, 1.807) is 12.1 Å². The number of nitro groups is 1. The zero-order chi connectivity index (χ0) is 15.4. The largest absolute Gasteiger partial charge is 0.378 e. The second kappa shape index (κ2) is 4.57. The smallest absolute Gasteiger partial charge is 0.270 e. The Labute approximate surface area is 129 Å². The second-order valence-electron chi connectivity index (χ2n) is 6.43. The van der Waals surface area contributed by atoms with Crippen molar-refractivity contribution in [2.45, 2.75) is 25.7 Å². The van der Waals surface area contributed by atoms with Gasteiger partial charge in [0.2, 0.25) is 0 Å². The predicted octanol–water partition coefficient (Wildman–Crippen LogP) is 3.53. The van der Waals surface area contributed by atoms with Gasteiger partial charge < -0.3 is 4.90 Å². The standard InChI is InChI=1S/C18H18N2O2/c1-19(2)15-7-11-3-5-13-9-16(20(21)22)10-14-6-4-12(8-15)17(11)18(13)14/h7-10H,3-6H2,1-2H3. The summed E-state index contributed by atoms with van der Waals surface area (Å²) in [6, 6.07) is 8.10. The molecule has 0 heterocycles. The zero-order valence-corrected chi connectivity index (χ0v) is 12.8. The third-order valence-corrected chi connectivity index (χ3v) is 4.88. The molecule has 22 heavy (non-hydrogen) atoms. The van der Waals surface area contributed by atoms with Crippen molar-refractivity contribution in [3.8, 4) is 11.1 Å². The summed E-state index contributed by atoms with van der Waals surface area (Å²) < 4.78 is 0. The number of hydrogen-bond donors (Lipinski definition) is 0. The Balaban J connectivity index is 1.98. The molecule has 0 saturated heterocycles. The fourth-order valence-electron chi connectivity index (χ4n) is 3.83. The Morgan fingerprint density at radius 2 is 1.27 bits per heavy atom. The highest BCUT2D eigenvalue weighted by molar-refractivity contribution is 5.83. The van der Waals surface area contributed by atoms with Crippen LogP contribution in [0.2, 0.25) is 0 Å². The van der Waals surface area contributed by atoms with Crippen molar-refractivity contribution in [2.75, 3.05) is 19.0 Å². The lowest BCUT2D eigenvalue weighted by Crippen LogP contribution is -2.17. The molecule has 0 radical (unpaired) electrons. The van der Waals surface area contributed by atoms with Crippen molar-refractivity contribution in [2.24, 2.45) is 0 Å². The summed E-state index contributed by atoms with van der Waals surface area (Å²) >= 11 is 0. The third kappa shape index (κ3) is 1.83. The number of nitrogens with zero attached hydrogens (tertiary/aromatic N) is 2. The summed E-state index contributed by atoms with van der Waals surface area (Å²) in [5.41, 5.74) is 9.20. The number of anilines is 1. The van der Waals surface area contributed by atoms with Gasteiger partial charge in [-0.05, 0) is 71.2 Å². The van der Waals surface area contributed by atoms with Crippen LogP contribution >= 0.6 is 0 Å². The molecule has 4 rings (SSSR count). The number of nitro benzene ring substituents is 1. The van der Waals surface area contributed by atoms with Crippen LogP contribution in [0.15, 0.2) is 24.3 Å². The minimum Gasteiger partial charge on any atom is -0.378 e. The lowest BCUT2D eigenvalue weighted by atomic mass is 9.75. The van der Waals surface area contributed by atoms with Gasteiger partial charge in [-0.2, -0.15) is 0 Å². The van der Waals surface area contributed by atoms with Gasteiger partial charge in [-0.1, -0.05) is 0 Å². The average molecular weight is 294 g/mol. The maximum absolute atomic E-state index is 11.1. The van der Waals surface area contributed by atoms with E-state index in [1.807, 2.05) is 0 Å². The molecular formula is C18H18N2O2. The molecule has 0 bridgehead atoms. The van der Waals surface area contributed by atoms with Crippen LogP contribution in [0.25, 0.3) is 11.1 Å². The fourth-order valence-corrected chi connectivity index (χ4v) is 3.83. The molecule has 2 aromatic rings. The van der Waals surface area contributed by atoms with Gasteiger partial charge in [0.1, 0.15) is 0 Å². The molecule has 0 amide bonds. The van der Waals surface area contributed by atoms with E-state index < -0.39 is 0 Å². The second-order valence-corrected chi connectivity index (χ2v) is 6.43. The molecule has 0 aliphatic heterocycles. The Kier molecular flexibility index (Phi) is 2.76. The molecule has 0 unspecified atom stereocenters. The average Bonchev–Trinajstić information content (AvgIpc) is 2.51. The van der Waals surface area contributed by atoms with Crippen molar-refractivity contribution in [1.29, 1.82) is 0 Å². The van der Waals surface area contributed by atoms with Crippen molar-refractivity contribution >= 4 is 11.4 Å². The number of aryl methyl sites for hydroxylation is 4. The van der Waals surface area contributed by atoms with Crippen LogP contribution in [-0.4, -0.2) is 19.0 Å². The van der Waals surface area contributed by atoms with E-state index in [-0.39, 0.29) is 10.6 Å². The van der Waals surface area contributed by atoms with Crippen LogP contribution in [-0.2, 0) is 25.7 Å². The molecule has 0 saturated carbocycles. The Morgan fingerprint density at radius 1 is 0.864 bits per heavy atom. The lowest BCUT2D eigenvalue weighted by molar-refractivity contribution is -0.385. The molecule has 4 heteroatoms. The summed E-state index contributed by atoms with van der Waals surface area (Å²) in [5, 5.41) is 11.1. The number of rotatable bonds is 2. The minimum absolute atomic E-state index is 0.241. The molecule has 0 spiro atoms. The highest BCUT2D eigenvalue weighted by atomic mass is 16.6. The predicted molar refractivity (Wildman–Crippen MR) is 87.7 cm³/mol. The molecule has 0 fully saturated rings. The van der Waals surface area contributed by atoms with Gasteiger partial charge in [-0.25, -0.2) is 0 Å². The van der Waals surface area contributed by atoms with Crippen LogP contribution in [0, 0.1) is 10.1 Å². The minimum atomic E-state index is -0.267.